The van der Waals surface area contributed by atoms with Gasteiger partial charge in [0.05, 0.1) is 19.9 Å². The van der Waals surface area contributed by atoms with Gasteiger partial charge in [-0.25, -0.2) is 4.79 Å². The molecular formula is C26H32N4O5. The van der Waals surface area contributed by atoms with Crippen molar-refractivity contribution in [3.05, 3.63) is 53.6 Å². The second-order valence-electron chi connectivity index (χ2n) is 8.93. The molecule has 9 heteroatoms. The zero-order valence-electron chi connectivity index (χ0n) is 20.5. The Hall–Kier alpha value is -3.75. The Bertz CT molecular complexity index is 1080. The highest BCUT2D eigenvalue weighted by molar-refractivity contribution is 6.35. The summed E-state index contributed by atoms with van der Waals surface area (Å²) in [6.45, 7) is 4.46. The normalized spacial score (nSPS) is 16.9. The molecule has 2 fully saturated rings. The first-order valence-electron chi connectivity index (χ1n) is 11.8. The highest BCUT2D eigenvalue weighted by Gasteiger charge is 2.38. The number of hydrogen-bond donors (Lipinski definition) is 1. The number of rotatable bonds is 6. The fraction of sp³-hybridized carbons (Fsp3) is 0.423. The van der Waals surface area contributed by atoms with E-state index in [2.05, 4.69) is 5.32 Å². The van der Waals surface area contributed by atoms with E-state index in [4.69, 9.17) is 9.47 Å². The van der Waals surface area contributed by atoms with Crippen LogP contribution in [0, 0.1) is 6.92 Å². The second kappa shape index (κ2) is 10.7. The van der Waals surface area contributed by atoms with Crippen LogP contribution in [0.25, 0.3) is 0 Å². The molecular weight excluding hydrogens is 448 g/mol. The standard InChI is InChI=1S/C26H32N4O5/c1-18-4-6-19(7-5-18)17-29-14-15-30(25(32)24(29)31)20-10-12-28(13-11-20)26(33)27-22-16-21(34-2)8-9-23(22)35-3/h4-9,16,20H,10-15,17H2,1-3H3,(H,27,33). The first-order chi connectivity index (χ1) is 16.9. The molecule has 4 amide bonds. The number of anilines is 1. The van der Waals surface area contributed by atoms with Gasteiger partial charge in [-0.05, 0) is 37.5 Å². The van der Waals surface area contributed by atoms with Gasteiger partial charge in [0.25, 0.3) is 0 Å². The van der Waals surface area contributed by atoms with E-state index in [1.165, 1.54) is 0 Å². The Morgan fingerprint density at radius 1 is 0.943 bits per heavy atom. The van der Waals surface area contributed by atoms with Gasteiger partial charge < -0.3 is 29.5 Å². The van der Waals surface area contributed by atoms with Gasteiger partial charge in [-0.2, -0.15) is 0 Å². The smallest absolute Gasteiger partial charge is 0.321 e. The molecule has 2 aliphatic rings. The summed E-state index contributed by atoms with van der Waals surface area (Å²) < 4.78 is 10.6. The summed E-state index contributed by atoms with van der Waals surface area (Å²) in [6.07, 6.45) is 1.25. The Morgan fingerprint density at radius 2 is 1.66 bits per heavy atom. The van der Waals surface area contributed by atoms with Crippen molar-refractivity contribution in [3.8, 4) is 11.5 Å². The largest absolute Gasteiger partial charge is 0.497 e. The monoisotopic (exact) mass is 480 g/mol. The van der Waals surface area contributed by atoms with Crippen molar-refractivity contribution in [2.75, 3.05) is 45.7 Å². The summed E-state index contributed by atoms with van der Waals surface area (Å²) in [5.74, 6) is 0.251. The van der Waals surface area contributed by atoms with Crippen molar-refractivity contribution in [2.24, 2.45) is 0 Å². The van der Waals surface area contributed by atoms with E-state index in [1.54, 1.807) is 47.1 Å². The van der Waals surface area contributed by atoms with Crippen molar-refractivity contribution in [2.45, 2.75) is 32.4 Å². The summed E-state index contributed by atoms with van der Waals surface area (Å²) in [6, 6.07) is 12.9. The average Bonchev–Trinajstić information content (AvgIpc) is 2.88. The van der Waals surface area contributed by atoms with Gasteiger partial charge in [-0.15, -0.1) is 0 Å². The van der Waals surface area contributed by atoms with Crippen molar-refractivity contribution in [1.29, 1.82) is 0 Å². The Balaban J connectivity index is 1.31. The van der Waals surface area contributed by atoms with Crippen molar-refractivity contribution >= 4 is 23.5 Å². The highest BCUT2D eigenvalue weighted by Crippen LogP contribution is 2.29. The van der Waals surface area contributed by atoms with Gasteiger partial charge in [0.15, 0.2) is 0 Å². The van der Waals surface area contributed by atoms with Crippen LogP contribution >= 0.6 is 0 Å². The molecule has 2 aromatic rings. The van der Waals surface area contributed by atoms with Gasteiger partial charge >= 0.3 is 17.8 Å². The molecule has 0 aliphatic carbocycles. The molecule has 2 saturated heterocycles. The quantitative estimate of drug-likeness (QED) is 0.642. The number of urea groups is 1. The minimum Gasteiger partial charge on any atom is -0.497 e. The fourth-order valence-corrected chi connectivity index (χ4v) is 4.59. The van der Waals surface area contributed by atoms with Gasteiger partial charge in [0.2, 0.25) is 0 Å². The molecule has 0 atom stereocenters. The van der Waals surface area contributed by atoms with Crippen LogP contribution in [0.5, 0.6) is 11.5 Å². The number of likely N-dealkylation sites (tertiary alicyclic amines) is 1. The van der Waals surface area contributed by atoms with Crippen LogP contribution in [0.4, 0.5) is 10.5 Å². The lowest BCUT2D eigenvalue weighted by atomic mass is 10.0. The van der Waals surface area contributed by atoms with E-state index in [9.17, 15) is 14.4 Å². The van der Waals surface area contributed by atoms with Crippen molar-refractivity contribution in [3.63, 3.8) is 0 Å². The molecule has 0 saturated carbocycles. The molecule has 186 valence electrons. The summed E-state index contributed by atoms with van der Waals surface area (Å²) >= 11 is 0. The number of piperidine rings is 1. The van der Waals surface area contributed by atoms with Crippen LogP contribution in [0.2, 0.25) is 0 Å². The topological polar surface area (TPSA) is 91.4 Å². The minimum absolute atomic E-state index is 0.0524. The summed E-state index contributed by atoms with van der Waals surface area (Å²) in [5.41, 5.74) is 2.70. The van der Waals surface area contributed by atoms with Crippen LogP contribution < -0.4 is 14.8 Å². The number of methoxy groups -OCH3 is 2. The van der Waals surface area contributed by atoms with Crippen LogP contribution in [-0.2, 0) is 16.1 Å². The number of nitrogens with one attached hydrogen (secondary N) is 1. The van der Waals surface area contributed by atoms with Crippen molar-refractivity contribution in [1.82, 2.24) is 14.7 Å². The molecule has 0 bridgehead atoms. The number of carbonyl (C=O) groups excluding carboxylic acids is 3. The highest BCUT2D eigenvalue weighted by atomic mass is 16.5. The number of aryl methyl sites for hydroxylation is 1. The first kappa shape index (κ1) is 24.4. The number of hydrogen-bond acceptors (Lipinski definition) is 5. The van der Waals surface area contributed by atoms with Crippen molar-refractivity contribution < 1.29 is 23.9 Å². The second-order valence-corrected chi connectivity index (χ2v) is 8.93. The number of benzene rings is 2. The molecule has 0 aromatic heterocycles. The summed E-state index contributed by atoms with van der Waals surface area (Å²) in [5, 5.41) is 2.89. The number of carbonyl (C=O) groups is 3. The van der Waals surface area contributed by atoms with Gasteiger partial charge in [-0.3, -0.25) is 9.59 Å². The lowest BCUT2D eigenvalue weighted by Crippen LogP contribution is -2.59. The third-order valence-electron chi connectivity index (χ3n) is 6.68. The molecule has 0 unspecified atom stereocenters. The van der Waals surface area contributed by atoms with E-state index in [-0.39, 0.29) is 12.1 Å². The van der Waals surface area contributed by atoms with Gasteiger partial charge in [0, 0.05) is 44.8 Å². The zero-order chi connectivity index (χ0) is 24.9. The summed E-state index contributed by atoms with van der Waals surface area (Å²) in [7, 11) is 3.11. The number of amides is 4. The zero-order valence-corrected chi connectivity index (χ0v) is 20.5. The van der Waals surface area contributed by atoms with Crippen LogP contribution in [0.1, 0.15) is 24.0 Å². The maximum Gasteiger partial charge on any atom is 0.321 e. The Labute approximate surface area is 205 Å². The van der Waals surface area contributed by atoms with Crippen LogP contribution in [0.15, 0.2) is 42.5 Å². The van der Waals surface area contributed by atoms with E-state index in [0.717, 1.165) is 11.1 Å². The molecule has 35 heavy (non-hydrogen) atoms. The van der Waals surface area contributed by atoms with Gasteiger partial charge in [0.1, 0.15) is 11.5 Å². The van der Waals surface area contributed by atoms with E-state index >= 15 is 0 Å². The fourth-order valence-electron chi connectivity index (χ4n) is 4.59. The first-order valence-corrected chi connectivity index (χ1v) is 11.8. The minimum atomic E-state index is -0.456. The molecule has 0 spiro atoms. The predicted octanol–water partition coefficient (Wildman–Crippen LogP) is 2.88. The molecule has 0 radical (unpaired) electrons. The molecule has 4 rings (SSSR count). The SMILES string of the molecule is COc1ccc(OC)c(NC(=O)N2CCC(N3CCN(Cc4ccc(C)cc4)C(=O)C3=O)CC2)c1. The lowest BCUT2D eigenvalue weighted by molar-refractivity contribution is -0.158. The molecule has 2 heterocycles. The number of ether oxygens (including phenoxy) is 2. The Kier molecular flexibility index (Phi) is 7.43. The molecule has 1 N–H and O–H groups in total. The molecule has 9 nitrogen and oxygen atoms in total. The Morgan fingerprint density at radius 3 is 2.31 bits per heavy atom. The third kappa shape index (κ3) is 5.50. The lowest BCUT2D eigenvalue weighted by Gasteiger charge is -2.42. The molecule has 2 aromatic carbocycles. The maximum absolute atomic E-state index is 12.9. The predicted molar refractivity (Wildman–Crippen MR) is 131 cm³/mol. The van der Waals surface area contributed by atoms with E-state index in [0.29, 0.717) is 62.8 Å². The summed E-state index contributed by atoms with van der Waals surface area (Å²) in [4.78, 5) is 43.5. The maximum atomic E-state index is 12.9. The van der Waals surface area contributed by atoms with Crippen LogP contribution in [0.3, 0.4) is 0 Å². The third-order valence-corrected chi connectivity index (χ3v) is 6.68. The molecule has 2 aliphatic heterocycles. The van der Waals surface area contributed by atoms with Crippen LogP contribution in [-0.4, -0.2) is 79.0 Å². The van der Waals surface area contributed by atoms with E-state index < -0.39 is 11.8 Å². The number of piperazine rings is 1. The average molecular weight is 481 g/mol. The number of nitrogens with zero attached hydrogens (tertiary/aromatic N) is 3. The van der Waals surface area contributed by atoms with E-state index in [1.807, 2.05) is 31.2 Å². The van der Waals surface area contributed by atoms with Gasteiger partial charge in [-0.1, -0.05) is 29.8 Å².